The summed E-state index contributed by atoms with van der Waals surface area (Å²) in [6.45, 7) is 2.95. The number of fused-ring (bicyclic) bond motifs is 2. The number of benzene rings is 1. The molecule has 1 aliphatic heterocycles. The second-order valence-electron chi connectivity index (χ2n) is 6.44. The van der Waals surface area contributed by atoms with Gasteiger partial charge in [0, 0.05) is 19.2 Å². The van der Waals surface area contributed by atoms with Crippen LogP contribution in [0.2, 0.25) is 0 Å². The number of rotatable bonds is 2. The number of aromatic nitrogens is 2. The van der Waals surface area contributed by atoms with Crippen molar-refractivity contribution in [3.05, 3.63) is 81.4 Å². The first-order valence-corrected chi connectivity index (χ1v) is 8.45. The predicted octanol–water partition coefficient (Wildman–Crippen LogP) is 2.13. The standard InChI is InChI=1S/C20H19N3O2/c1-14-6-2-3-7-15(14)12-19(24)22-11-9-17-16(13-22)20(25)23-10-5-4-8-18(23)21-17/h2-8,10H,9,11-13H2,1H3. The monoisotopic (exact) mass is 333 g/mol. The third-order valence-electron chi connectivity index (χ3n) is 4.84. The van der Waals surface area contributed by atoms with Gasteiger partial charge in [-0.2, -0.15) is 0 Å². The number of aryl methyl sites for hydroxylation is 1. The minimum Gasteiger partial charge on any atom is -0.337 e. The lowest BCUT2D eigenvalue weighted by atomic mass is 10.0. The summed E-state index contributed by atoms with van der Waals surface area (Å²) in [6, 6.07) is 13.4. The number of hydrogen-bond acceptors (Lipinski definition) is 3. The summed E-state index contributed by atoms with van der Waals surface area (Å²) in [4.78, 5) is 31.8. The van der Waals surface area contributed by atoms with E-state index in [9.17, 15) is 9.59 Å². The predicted molar refractivity (Wildman–Crippen MR) is 95.5 cm³/mol. The van der Waals surface area contributed by atoms with E-state index >= 15 is 0 Å². The van der Waals surface area contributed by atoms with E-state index in [-0.39, 0.29) is 11.5 Å². The lowest BCUT2D eigenvalue weighted by Gasteiger charge is -2.28. The Kier molecular flexibility index (Phi) is 3.84. The van der Waals surface area contributed by atoms with Crippen LogP contribution < -0.4 is 5.56 Å². The van der Waals surface area contributed by atoms with E-state index < -0.39 is 0 Å². The average Bonchev–Trinajstić information content (AvgIpc) is 2.63. The molecule has 5 heteroatoms. The summed E-state index contributed by atoms with van der Waals surface area (Å²) < 4.78 is 1.55. The molecule has 5 nitrogen and oxygen atoms in total. The summed E-state index contributed by atoms with van der Waals surface area (Å²) >= 11 is 0. The van der Waals surface area contributed by atoms with Crippen molar-refractivity contribution in [3.8, 4) is 0 Å². The number of pyridine rings is 1. The van der Waals surface area contributed by atoms with Gasteiger partial charge in [0.05, 0.1) is 24.2 Å². The van der Waals surface area contributed by atoms with Gasteiger partial charge in [0.25, 0.3) is 5.56 Å². The van der Waals surface area contributed by atoms with Gasteiger partial charge < -0.3 is 4.90 Å². The summed E-state index contributed by atoms with van der Waals surface area (Å²) in [5.74, 6) is 0.0532. The van der Waals surface area contributed by atoms with Gasteiger partial charge in [-0.25, -0.2) is 4.98 Å². The Labute approximate surface area is 145 Å². The molecule has 3 aromatic rings. The third kappa shape index (κ3) is 2.82. The van der Waals surface area contributed by atoms with Crippen LogP contribution in [0, 0.1) is 6.92 Å². The minimum absolute atomic E-state index is 0.0532. The van der Waals surface area contributed by atoms with E-state index in [2.05, 4.69) is 4.98 Å². The molecule has 0 saturated carbocycles. The Morgan fingerprint density at radius 2 is 1.96 bits per heavy atom. The fourth-order valence-corrected chi connectivity index (χ4v) is 3.34. The zero-order valence-corrected chi connectivity index (χ0v) is 14.1. The first kappa shape index (κ1) is 15.6. The maximum absolute atomic E-state index is 12.7. The molecule has 0 radical (unpaired) electrons. The molecule has 0 aliphatic carbocycles. The maximum atomic E-state index is 12.7. The zero-order valence-electron chi connectivity index (χ0n) is 14.1. The number of carbonyl (C=O) groups is 1. The van der Waals surface area contributed by atoms with Crippen LogP contribution in [-0.2, 0) is 24.2 Å². The van der Waals surface area contributed by atoms with Gasteiger partial charge >= 0.3 is 0 Å². The highest BCUT2D eigenvalue weighted by Gasteiger charge is 2.25. The van der Waals surface area contributed by atoms with Gasteiger partial charge in [0.1, 0.15) is 5.65 Å². The zero-order chi connectivity index (χ0) is 17.4. The van der Waals surface area contributed by atoms with Gasteiger partial charge in [-0.3, -0.25) is 14.0 Å². The van der Waals surface area contributed by atoms with Crippen molar-refractivity contribution in [2.24, 2.45) is 0 Å². The molecule has 0 fully saturated rings. The summed E-state index contributed by atoms with van der Waals surface area (Å²) in [5, 5.41) is 0. The summed E-state index contributed by atoms with van der Waals surface area (Å²) in [7, 11) is 0. The average molecular weight is 333 g/mol. The molecular formula is C20H19N3O2. The van der Waals surface area contributed by atoms with Crippen LogP contribution in [0.5, 0.6) is 0 Å². The molecule has 126 valence electrons. The molecule has 0 atom stereocenters. The molecule has 2 aromatic heterocycles. The summed E-state index contributed by atoms with van der Waals surface area (Å²) in [6.07, 6.45) is 2.71. The van der Waals surface area contributed by atoms with Crippen LogP contribution in [0.4, 0.5) is 0 Å². The SMILES string of the molecule is Cc1ccccc1CC(=O)N1CCc2nc3ccccn3c(=O)c2C1. The fourth-order valence-electron chi connectivity index (χ4n) is 3.34. The normalized spacial score (nSPS) is 13.7. The van der Waals surface area contributed by atoms with E-state index in [1.54, 1.807) is 15.5 Å². The molecule has 4 rings (SSSR count). The number of carbonyl (C=O) groups excluding carboxylic acids is 1. The van der Waals surface area contributed by atoms with Crippen LogP contribution in [0.1, 0.15) is 22.4 Å². The Morgan fingerprint density at radius 1 is 1.16 bits per heavy atom. The highest BCUT2D eigenvalue weighted by atomic mass is 16.2. The molecule has 3 heterocycles. The molecule has 1 aromatic carbocycles. The van der Waals surface area contributed by atoms with Gasteiger partial charge in [-0.1, -0.05) is 30.3 Å². The molecule has 0 spiro atoms. The van der Waals surface area contributed by atoms with Crippen molar-refractivity contribution >= 4 is 11.6 Å². The summed E-state index contributed by atoms with van der Waals surface area (Å²) in [5.41, 5.74) is 4.18. The van der Waals surface area contributed by atoms with E-state index in [1.165, 1.54) is 0 Å². The minimum atomic E-state index is -0.0750. The van der Waals surface area contributed by atoms with Crippen LogP contribution in [-0.4, -0.2) is 26.7 Å². The van der Waals surface area contributed by atoms with Crippen molar-refractivity contribution in [3.63, 3.8) is 0 Å². The topological polar surface area (TPSA) is 54.7 Å². The van der Waals surface area contributed by atoms with Crippen molar-refractivity contribution in [1.29, 1.82) is 0 Å². The molecule has 25 heavy (non-hydrogen) atoms. The molecule has 0 saturated heterocycles. The smallest absolute Gasteiger partial charge is 0.263 e. The van der Waals surface area contributed by atoms with Gasteiger partial charge in [-0.15, -0.1) is 0 Å². The Morgan fingerprint density at radius 3 is 2.80 bits per heavy atom. The lowest BCUT2D eigenvalue weighted by molar-refractivity contribution is -0.131. The van der Waals surface area contributed by atoms with Crippen molar-refractivity contribution in [1.82, 2.24) is 14.3 Å². The fraction of sp³-hybridized carbons (Fsp3) is 0.250. The Balaban J connectivity index is 1.62. The van der Waals surface area contributed by atoms with Gasteiger partial charge in [0.2, 0.25) is 5.91 Å². The van der Waals surface area contributed by atoms with Crippen molar-refractivity contribution in [2.45, 2.75) is 26.3 Å². The van der Waals surface area contributed by atoms with Crippen LogP contribution >= 0.6 is 0 Å². The lowest BCUT2D eigenvalue weighted by Crippen LogP contribution is -2.40. The van der Waals surface area contributed by atoms with Crippen LogP contribution in [0.15, 0.2) is 53.5 Å². The quantitative estimate of drug-likeness (QED) is 0.722. The molecule has 1 amide bonds. The second kappa shape index (κ2) is 6.16. The van der Waals surface area contributed by atoms with Crippen LogP contribution in [0.25, 0.3) is 5.65 Å². The molecular weight excluding hydrogens is 314 g/mol. The highest BCUT2D eigenvalue weighted by Crippen LogP contribution is 2.17. The van der Waals surface area contributed by atoms with E-state index in [0.717, 1.165) is 16.8 Å². The van der Waals surface area contributed by atoms with E-state index in [1.807, 2.05) is 49.4 Å². The van der Waals surface area contributed by atoms with Crippen molar-refractivity contribution in [2.75, 3.05) is 6.54 Å². The van der Waals surface area contributed by atoms with Gasteiger partial charge in [0.15, 0.2) is 0 Å². The molecule has 1 aliphatic rings. The second-order valence-corrected chi connectivity index (χ2v) is 6.44. The molecule has 0 N–H and O–H groups in total. The maximum Gasteiger partial charge on any atom is 0.263 e. The largest absolute Gasteiger partial charge is 0.337 e. The van der Waals surface area contributed by atoms with Crippen molar-refractivity contribution < 1.29 is 4.79 Å². The number of hydrogen-bond donors (Lipinski definition) is 0. The molecule has 0 bridgehead atoms. The van der Waals surface area contributed by atoms with Gasteiger partial charge in [-0.05, 0) is 30.2 Å². The highest BCUT2D eigenvalue weighted by molar-refractivity contribution is 5.79. The first-order chi connectivity index (χ1) is 12.1. The van der Waals surface area contributed by atoms with E-state index in [4.69, 9.17) is 0 Å². The number of nitrogens with zero attached hydrogens (tertiary/aromatic N) is 3. The molecule has 0 unspecified atom stereocenters. The first-order valence-electron chi connectivity index (χ1n) is 8.45. The Hall–Kier alpha value is -2.95. The third-order valence-corrected chi connectivity index (χ3v) is 4.84. The number of amides is 1. The van der Waals surface area contributed by atoms with E-state index in [0.29, 0.717) is 37.1 Å². The Bertz CT molecular complexity index is 1020. The van der Waals surface area contributed by atoms with Crippen LogP contribution in [0.3, 0.4) is 0 Å².